The Kier molecular flexibility index (Phi) is 4.52. The first kappa shape index (κ1) is 17.7. The second-order valence-electron chi connectivity index (χ2n) is 6.01. The van der Waals surface area contributed by atoms with Gasteiger partial charge in [-0.2, -0.15) is 5.26 Å². The number of hydrogen-bond acceptors (Lipinski definition) is 6. The minimum absolute atomic E-state index is 0.0190. The van der Waals surface area contributed by atoms with Crippen molar-refractivity contribution < 1.29 is 18.7 Å². The number of fused-ring (bicyclic) bond motifs is 1. The lowest BCUT2D eigenvalue weighted by atomic mass is 9.83. The summed E-state index contributed by atoms with van der Waals surface area (Å²) in [5.74, 6) is -0.424. The topological polar surface area (TPSA) is 98.5 Å². The Morgan fingerprint density at radius 3 is 2.68 bits per heavy atom. The van der Waals surface area contributed by atoms with Gasteiger partial charge in [-0.15, -0.1) is 0 Å². The van der Waals surface area contributed by atoms with Crippen LogP contribution in [-0.2, 0) is 0 Å². The van der Waals surface area contributed by atoms with Crippen LogP contribution in [0.15, 0.2) is 76.7 Å². The minimum atomic E-state index is -0.635. The Morgan fingerprint density at radius 2 is 1.96 bits per heavy atom. The highest BCUT2D eigenvalue weighted by Crippen LogP contribution is 2.45. The Balaban J connectivity index is 1.74. The molecule has 0 saturated heterocycles. The van der Waals surface area contributed by atoms with Crippen molar-refractivity contribution >= 4 is 17.6 Å². The van der Waals surface area contributed by atoms with Gasteiger partial charge in [-0.25, -0.2) is 4.79 Å². The number of nitrogens with zero attached hydrogens (tertiary/aromatic N) is 1. The molecule has 1 atom stereocenters. The van der Waals surface area contributed by atoms with Crippen LogP contribution in [0.3, 0.4) is 0 Å². The van der Waals surface area contributed by atoms with E-state index in [2.05, 4.69) is 6.07 Å². The van der Waals surface area contributed by atoms with Crippen LogP contribution in [0.1, 0.15) is 27.6 Å². The molecule has 2 N–H and O–H groups in total. The molecular weight excluding hydrogens is 380 g/mol. The molecule has 7 heteroatoms. The van der Waals surface area contributed by atoms with Gasteiger partial charge in [0.05, 0.1) is 12.2 Å². The molecule has 0 radical (unpaired) electrons. The molecule has 3 aromatic rings. The predicted molar refractivity (Wildman–Crippen MR) is 101 cm³/mol. The monoisotopic (exact) mass is 392 g/mol. The largest absolute Gasteiger partial charge is 0.457 e. The molecule has 0 fully saturated rings. The maximum absolute atomic E-state index is 12.1. The van der Waals surface area contributed by atoms with Crippen molar-refractivity contribution in [3.8, 4) is 17.6 Å². The first-order valence-corrected chi connectivity index (χ1v) is 8.68. The maximum atomic E-state index is 12.1. The molecule has 28 heavy (non-hydrogen) atoms. The fourth-order valence-corrected chi connectivity index (χ4v) is 3.33. The molecule has 1 aliphatic heterocycles. The van der Waals surface area contributed by atoms with E-state index in [1.165, 1.54) is 12.3 Å². The molecule has 0 amide bonds. The number of furan rings is 1. The molecule has 2 aromatic carbocycles. The fourth-order valence-electron chi connectivity index (χ4n) is 3.08. The van der Waals surface area contributed by atoms with Crippen LogP contribution in [0.5, 0.6) is 11.5 Å². The van der Waals surface area contributed by atoms with E-state index in [9.17, 15) is 10.1 Å². The lowest BCUT2D eigenvalue weighted by Gasteiger charge is -2.27. The van der Waals surface area contributed by atoms with Crippen LogP contribution < -0.4 is 15.2 Å². The molecule has 1 aliphatic rings. The summed E-state index contributed by atoms with van der Waals surface area (Å²) in [7, 11) is 0. The Morgan fingerprint density at radius 1 is 1.14 bits per heavy atom. The van der Waals surface area contributed by atoms with Crippen LogP contribution in [-0.4, -0.2) is 5.97 Å². The summed E-state index contributed by atoms with van der Waals surface area (Å²) in [5.41, 5.74) is 7.67. The van der Waals surface area contributed by atoms with E-state index in [4.69, 9.17) is 31.2 Å². The van der Waals surface area contributed by atoms with Gasteiger partial charge in [-0.05, 0) is 29.8 Å². The number of nitriles is 1. The van der Waals surface area contributed by atoms with Crippen molar-refractivity contribution in [2.24, 2.45) is 5.73 Å². The van der Waals surface area contributed by atoms with Gasteiger partial charge < -0.3 is 19.6 Å². The number of carbonyl (C=O) groups excluding carboxylic acids is 1. The number of hydrogen-bond donors (Lipinski definition) is 1. The molecule has 0 bridgehead atoms. The van der Waals surface area contributed by atoms with E-state index < -0.39 is 11.9 Å². The lowest BCUT2D eigenvalue weighted by molar-refractivity contribution is 0.0701. The van der Waals surface area contributed by atoms with E-state index in [0.717, 1.165) is 5.56 Å². The Labute approximate surface area is 165 Å². The van der Waals surface area contributed by atoms with Crippen LogP contribution in [0, 0.1) is 11.3 Å². The highest BCUT2D eigenvalue weighted by atomic mass is 35.5. The SMILES string of the molecule is N#CC1=C(N)Oc2cc(OC(=O)c3ccco3)ccc2C1c1ccccc1Cl. The van der Waals surface area contributed by atoms with Gasteiger partial charge in [0, 0.05) is 16.7 Å². The van der Waals surface area contributed by atoms with Gasteiger partial charge in [0.2, 0.25) is 11.6 Å². The van der Waals surface area contributed by atoms with E-state index in [0.29, 0.717) is 16.3 Å². The second kappa shape index (κ2) is 7.14. The molecule has 0 aliphatic carbocycles. The summed E-state index contributed by atoms with van der Waals surface area (Å²) in [4.78, 5) is 12.1. The van der Waals surface area contributed by atoms with Crippen molar-refractivity contribution in [1.29, 1.82) is 5.26 Å². The normalized spacial score (nSPS) is 15.4. The summed E-state index contributed by atoms with van der Waals surface area (Å²) in [5, 5.41) is 10.1. The molecule has 1 unspecified atom stereocenters. The third-order valence-electron chi connectivity index (χ3n) is 4.34. The molecule has 6 nitrogen and oxygen atoms in total. The van der Waals surface area contributed by atoms with Crippen LogP contribution in [0.2, 0.25) is 5.02 Å². The van der Waals surface area contributed by atoms with E-state index in [1.54, 1.807) is 30.3 Å². The summed E-state index contributed by atoms with van der Waals surface area (Å²) in [6, 6.07) is 17.3. The summed E-state index contributed by atoms with van der Waals surface area (Å²) < 4.78 is 16.0. The quantitative estimate of drug-likeness (QED) is 0.525. The zero-order valence-corrected chi connectivity index (χ0v) is 15.1. The van der Waals surface area contributed by atoms with Crippen molar-refractivity contribution in [2.45, 2.75) is 5.92 Å². The smallest absolute Gasteiger partial charge is 0.379 e. The molecule has 0 spiro atoms. The van der Waals surface area contributed by atoms with E-state index in [1.807, 2.05) is 18.2 Å². The average Bonchev–Trinajstić information content (AvgIpc) is 3.22. The molecular formula is C21H13ClN2O4. The van der Waals surface area contributed by atoms with Crippen molar-refractivity contribution in [3.63, 3.8) is 0 Å². The highest BCUT2D eigenvalue weighted by Gasteiger charge is 2.32. The maximum Gasteiger partial charge on any atom is 0.379 e. The number of esters is 1. The lowest BCUT2D eigenvalue weighted by Crippen LogP contribution is -2.21. The van der Waals surface area contributed by atoms with Crippen molar-refractivity contribution in [2.75, 3.05) is 0 Å². The van der Waals surface area contributed by atoms with Crippen molar-refractivity contribution in [1.82, 2.24) is 0 Å². The molecule has 2 heterocycles. The summed E-state index contributed by atoms with van der Waals surface area (Å²) in [6.07, 6.45) is 1.38. The number of nitrogens with two attached hydrogens (primary N) is 1. The number of allylic oxidation sites excluding steroid dienone is 1. The summed E-state index contributed by atoms with van der Waals surface area (Å²) in [6.45, 7) is 0. The van der Waals surface area contributed by atoms with E-state index >= 15 is 0 Å². The van der Waals surface area contributed by atoms with Crippen LogP contribution in [0.25, 0.3) is 0 Å². The predicted octanol–water partition coefficient (Wildman–Crippen LogP) is 4.37. The third-order valence-corrected chi connectivity index (χ3v) is 4.68. The molecule has 0 saturated carbocycles. The Hall–Kier alpha value is -3.69. The zero-order valence-electron chi connectivity index (χ0n) is 14.4. The first-order chi connectivity index (χ1) is 13.6. The average molecular weight is 393 g/mol. The molecule has 1 aromatic heterocycles. The number of carbonyl (C=O) groups is 1. The van der Waals surface area contributed by atoms with Crippen molar-refractivity contribution in [3.05, 3.63) is 94.2 Å². The Bertz CT molecular complexity index is 1130. The molecule has 4 rings (SSSR count). The number of ether oxygens (including phenoxy) is 2. The van der Waals surface area contributed by atoms with Gasteiger partial charge in [0.1, 0.15) is 23.1 Å². The third kappa shape index (κ3) is 3.08. The van der Waals surface area contributed by atoms with E-state index in [-0.39, 0.29) is 23.0 Å². The number of halogens is 1. The van der Waals surface area contributed by atoms with Gasteiger partial charge in [-0.3, -0.25) is 0 Å². The first-order valence-electron chi connectivity index (χ1n) is 8.30. The highest BCUT2D eigenvalue weighted by molar-refractivity contribution is 6.31. The fraction of sp³-hybridized carbons (Fsp3) is 0.0476. The zero-order chi connectivity index (χ0) is 19.7. The number of benzene rings is 2. The molecule has 138 valence electrons. The second-order valence-corrected chi connectivity index (χ2v) is 6.42. The number of rotatable bonds is 3. The van der Waals surface area contributed by atoms with Gasteiger partial charge in [-0.1, -0.05) is 35.9 Å². The van der Waals surface area contributed by atoms with Crippen LogP contribution >= 0.6 is 11.6 Å². The van der Waals surface area contributed by atoms with Gasteiger partial charge in [0.25, 0.3) is 0 Å². The van der Waals surface area contributed by atoms with Gasteiger partial charge in [0.15, 0.2) is 0 Å². The standard InChI is InChI=1S/C21H13ClN2O4/c22-16-5-2-1-4-13(16)19-14-8-7-12(27-21(25)17-6-3-9-26-17)10-18(14)28-20(24)15(19)11-23/h1-10,19H,24H2. The minimum Gasteiger partial charge on any atom is -0.457 e. The van der Waals surface area contributed by atoms with Gasteiger partial charge >= 0.3 is 5.97 Å². The summed E-state index contributed by atoms with van der Waals surface area (Å²) >= 11 is 6.36. The van der Waals surface area contributed by atoms with Crippen LogP contribution in [0.4, 0.5) is 0 Å².